The topological polar surface area (TPSA) is 97.8 Å². The zero-order chi connectivity index (χ0) is 35.8. The molecule has 0 aromatic heterocycles. The lowest BCUT2D eigenvalue weighted by Gasteiger charge is -2.63. The van der Waals surface area contributed by atoms with Gasteiger partial charge in [-0.05, 0) is 122 Å². The predicted octanol–water partition coefficient (Wildman–Crippen LogP) is 5.81. The first-order valence-corrected chi connectivity index (χ1v) is 20.2. The van der Waals surface area contributed by atoms with Crippen molar-refractivity contribution in [3.05, 3.63) is 0 Å². The van der Waals surface area contributed by atoms with Gasteiger partial charge in [0.15, 0.2) is 12.4 Å². The molecule has 1 amide bonds. The minimum Gasteiger partial charge on any atom is -0.457 e. The maximum absolute atomic E-state index is 12.1. The van der Waals surface area contributed by atoms with Crippen LogP contribution in [0.3, 0.4) is 0 Å². The van der Waals surface area contributed by atoms with Crippen LogP contribution in [-0.2, 0) is 28.5 Å². The van der Waals surface area contributed by atoms with Crippen LogP contribution in [0.25, 0.3) is 0 Å². The fourth-order valence-corrected chi connectivity index (χ4v) is 14.8. The molecule has 5 unspecified atom stereocenters. The van der Waals surface area contributed by atoms with Crippen LogP contribution in [0.15, 0.2) is 0 Å². The Kier molecular flexibility index (Phi) is 8.31. The van der Waals surface area contributed by atoms with Crippen molar-refractivity contribution in [2.45, 2.75) is 162 Å². The van der Waals surface area contributed by atoms with Crippen LogP contribution in [0.2, 0.25) is 0 Å². The van der Waals surface area contributed by atoms with Crippen molar-refractivity contribution in [3.8, 4) is 0 Å². The number of rotatable bonds is 6. The van der Waals surface area contributed by atoms with Crippen LogP contribution in [-0.4, -0.2) is 102 Å². The fourth-order valence-electron chi connectivity index (χ4n) is 14.8. The quantitative estimate of drug-likeness (QED) is 0.348. The summed E-state index contributed by atoms with van der Waals surface area (Å²) in [5.41, 5.74) is 0.148. The monoisotopic (exact) mass is 698 g/mol. The van der Waals surface area contributed by atoms with Crippen molar-refractivity contribution in [1.29, 1.82) is 0 Å². The summed E-state index contributed by atoms with van der Waals surface area (Å²) in [5, 5.41) is 11.1. The molecule has 5 aliphatic carbocycles. The summed E-state index contributed by atoms with van der Waals surface area (Å²) >= 11 is 0. The van der Waals surface area contributed by atoms with Gasteiger partial charge in [0.25, 0.3) is 0 Å². The van der Waals surface area contributed by atoms with Crippen molar-refractivity contribution in [2.75, 3.05) is 32.8 Å². The molecular weight excluding hydrogens is 632 g/mol. The molecule has 0 bridgehead atoms. The van der Waals surface area contributed by atoms with Gasteiger partial charge in [0, 0.05) is 39.5 Å². The van der Waals surface area contributed by atoms with Crippen molar-refractivity contribution < 1.29 is 33.6 Å². The van der Waals surface area contributed by atoms with Gasteiger partial charge in [-0.25, -0.2) is 0 Å². The lowest BCUT2D eigenvalue weighted by molar-refractivity contribution is -0.252. The molecule has 0 aromatic rings. The second kappa shape index (κ2) is 11.6. The molecule has 5 saturated carbocycles. The standard InChI is InChI=1S/C41H66N2O7/c1-24-18-28(35(37(6,7)46)48-26(3)45)49-29-19-39(9)31-11-10-30-36(4,5)32(12-13-40(30)23-41(31,40)15-14-38(39,8)34(24)29)50-33-22-42(16-17-47-33)27-20-43(21-27)25(2)44/h24,27-35,46H,10-23H2,1-9H3/t24-,28?,29?,30?,31+,32+,33?,34?,35+,38-,39+,40-,41+/m1/s1. The average Bonchev–Trinajstić information content (AvgIpc) is 3.59. The van der Waals surface area contributed by atoms with E-state index in [1.165, 1.54) is 45.4 Å². The van der Waals surface area contributed by atoms with E-state index >= 15 is 0 Å². The first-order chi connectivity index (χ1) is 23.4. The normalized spacial score (nSPS) is 49.0. The van der Waals surface area contributed by atoms with Crippen LogP contribution >= 0.6 is 0 Å². The van der Waals surface area contributed by atoms with Crippen molar-refractivity contribution in [3.63, 3.8) is 0 Å². The van der Waals surface area contributed by atoms with Gasteiger partial charge < -0.3 is 29.0 Å². The Labute approximate surface area is 300 Å². The second-order valence-corrected chi connectivity index (χ2v) is 20.2. The number of fused-ring (bicyclic) bond motifs is 4. The lowest BCUT2D eigenvalue weighted by Crippen LogP contribution is -2.64. The molecule has 0 aromatic carbocycles. The van der Waals surface area contributed by atoms with E-state index in [9.17, 15) is 14.7 Å². The van der Waals surface area contributed by atoms with E-state index in [4.69, 9.17) is 18.9 Å². The maximum atomic E-state index is 12.1. The van der Waals surface area contributed by atoms with E-state index in [1.807, 2.05) is 4.90 Å². The number of aliphatic hydroxyl groups is 1. The molecule has 3 saturated heterocycles. The first-order valence-electron chi connectivity index (χ1n) is 20.2. The largest absolute Gasteiger partial charge is 0.457 e. The maximum Gasteiger partial charge on any atom is 0.303 e. The number of ether oxygens (including phenoxy) is 4. The Bertz CT molecular complexity index is 1370. The minimum absolute atomic E-state index is 0.0826. The van der Waals surface area contributed by atoms with E-state index in [2.05, 4.69) is 39.5 Å². The molecule has 8 aliphatic rings. The molecular formula is C41H66N2O7. The molecule has 9 heteroatoms. The minimum atomic E-state index is -1.17. The van der Waals surface area contributed by atoms with Gasteiger partial charge >= 0.3 is 5.97 Å². The summed E-state index contributed by atoms with van der Waals surface area (Å²) in [5.74, 6) is 2.08. The molecule has 3 heterocycles. The van der Waals surface area contributed by atoms with E-state index in [1.54, 1.807) is 20.8 Å². The Morgan fingerprint density at radius 1 is 0.940 bits per heavy atom. The highest BCUT2D eigenvalue weighted by atomic mass is 16.7. The Hall–Kier alpha value is -1.26. The first kappa shape index (κ1) is 35.8. The molecule has 0 radical (unpaired) electrons. The van der Waals surface area contributed by atoms with E-state index in [0.717, 1.165) is 45.4 Å². The zero-order valence-electron chi connectivity index (χ0n) is 32.5. The average molecular weight is 699 g/mol. The summed E-state index contributed by atoms with van der Waals surface area (Å²) in [6.45, 7) is 23.3. The van der Waals surface area contributed by atoms with E-state index in [-0.39, 0.29) is 52.7 Å². The van der Waals surface area contributed by atoms with Gasteiger partial charge in [0.2, 0.25) is 5.91 Å². The third-order valence-corrected chi connectivity index (χ3v) is 17.2. The summed E-state index contributed by atoms with van der Waals surface area (Å²) in [4.78, 5) is 28.3. The molecule has 2 spiro atoms. The summed E-state index contributed by atoms with van der Waals surface area (Å²) in [7, 11) is 0. The van der Waals surface area contributed by atoms with Crippen LogP contribution in [0.1, 0.15) is 120 Å². The zero-order valence-corrected chi connectivity index (χ0v) is 32.5. The second-order valence-electron chi connectivity index (χ2n) is 20.2. The molecule has 1 N–H and O–H groups in total. The fraction of sp³-hybridized carbons (Fsp3) is 0.951. The predicted molar refractivity (Wildman–Crippen MR) is 189 cm³/mol. The van der Waals surface area contributed by atoms with Gasteiger partial charge in [-0.15, -0.1) is 0 Å². The lowest BCUT2D eigenvalue weighted by atomic mass is 9.41. The Morgan fingerprint density at radius 2 is 1.64 bits per heavy atom. The highest BCUT2D eigenvalue weighted by molar-refractivity contribution is 5.74. The van der Waals surface area contributed by atoms with Gasteiger partial charge in [0.1, 0.15) is 0 Å². The van der Waals surface area contributed by atoms with Gasteiger partial charge in [0.05, 0.1) is 37.1 Å². The third kappa shape index (κ3) is 5.01. The SMILES string of the molecule is CC(=O)O[C@@H](C1C[C@@H](C)C2C(C[C@@]3(C)[C@@H]4CCC5C(C)(C)[C@@H](OC6CN(C7CN(C(C)=O)C7)CCO6)CC[C@@]56C[C@@]46CC[C@]23C)O1)C(C)(C)O. The number of nitrogens with zero attached hydrogens (tertiary/aromatic N) is 2. The molecule has 50 heavy (non-hydrogen) atoms. The Morgan fingerprint density at radius 3 is 2.32 bits per heavy atom. The summed E-state index contributed by atoms with van der Waals surface area (Å²) < 4.78 is 26.0. The summed E-state index contributed by atoms with van der Waals surface area (Å²) in [6.07, 6.45) is 9.94. The van der Waals surface area contributed by atoms with Crippen molar-refractivity contribution in [2.24, 2.45) is 50.7 Å². The number of esters is 1. The molecule has 8 fully saturated rings. The molecule has 9 nitrogen and oxygen atoms in total. The van der Waals surface area contributed by atoms with Crippen molar-refractivity contribution in [1.82, 2.24) is 9.80 Å². The van der Waals surface area contributed by atoms with Crippen LogP contribution in [0.5, 0.6) is 0 Å². The number of carbonyl (C=O) groups is 2. The molecule has 282 valence electrons. The van der Waals surface area contributed by atoms with Gasteiger partial charge in [-0.2, -0.15) is 0 Å². The van der Waals surface area contributed by atoms with E-state index in [0.29, 0.717) is 47.2 Å². The molecule has 13 atom stereocenters. The smallest absolute Gasteiger partial charge is 0.303 e. The van der Waals surface area contributed by atoms with Crippen LogP contribution < -0.4 is 0 Å². The van der Waals surface area contributed by atoms with Gasteiger partial charge in [-0.1, -0.05) is 34.6 Å². The van der Waals surface area contributed by atoms with Crippen molar-refractivity contribution >= 4 is 11.9 Å². The molecule has 3 aliphatic heterocycles. The van der Waals surface area contributed by atoms with Crippen LogP contribution in [0.4, 0.5) is 0 Å². The number of morpholine rings is 1. The summed E-state index contributed by atoms with van der Waals surface area (Å²) in [6, 6.07) is 0.423. The number of amides is 1. The Balaban J connectivity index is 0.975. The van der Waals surface area contributed by atoms with E-state index < -0.39 is 11.7 Å². The van der Waals surface area contributed by atoms with Gasteiger partial charge in [-0.3, -0.25) is 14.5 Å². The number of hydrogen-bond acceptors (Lipinski definition) is 8. The number of carbonyl (C=O) groups excluding carboxylic acids is 2. The number of likely N-dealkylation sites (tertiary alicyclic amines) is 1. The highest BCUT2D eigenvalue weighted by Gasteiger charge is 2.83. The highest BCUT2D eigenvalue weighted by Crippen LogP contribution is 2.89. The molecule has 8 rings (SSSR count). The number of hydrogen-bond donors (Lipinski definition) is 1. The van der Waals surface area contributed by atoms with Crippen LogP contribution in [0, 0.1) is 50.7 Å². The third-order valence-electron chi connectivity index (χ3n) is 17.2.